The SMILES string of the molecule is CS(=O)(=O)c1ccc(C(=O)C[N+]2=C(Cc3ccc(Cl)cc3)CCC2)cc1. The van der Waals surface area contributed by atoms with Crippen LogP contribution in [0.2, 0.25) is 5.02 Å². The fourth-order valence-corrected chi connectivity index (χ4v) is 3.93. The third kappa shape index (κ3) is 4.59. The number of benzene rings is 2. The van der Waals surface area contributed by atoms with Gasteiger partial charge in [-0.2, -0.15) is 0 Å². The van der Waals surface area contributed by atoms with E-state index in [9.17, 15) is 13.2 Å². The molecule has 0 fully saturated rings. The monoisotopic (exact) mass is 390 g/mol. The van der Waals surface area contributed by atoms with Crippen LogP contribution in [0.3, 0.4) is 0 Å². The Bertz CT molecular complexity index is 946. The van der Waals surface area contributed by atoms with E-state index in [1.807, 2.05) is 24.3 Å². The van der Waals surface area contributed by atoms with E-state index in [0.29, 0.717) is 12.1 Å². The lowest BCUT2D eigenvalue weighted by Crippen LogP contribution is -2.24. The van der Waals surface area contributed by atoms with E-state index in [1.54, 1.807) is 12.1 Å². The Morgan fingerprint density at radius 2 is 1.73 bits per heavy atom. The molecule has 0 bridgehead atoms. The third-order valence-electron chi connectivity index (χ3n) is 4.60. The summed E-state index contributed by atoms with van der Waals surface area (Å²) in [6, 6.07) is 13.9. The first-order valence-electron chi connectivity index (χ1n) is 8.50. The average molecular weight is 391 g/mol. The van der Waals surface area contributed by atoms with Crippen LogP contribution < -0.4 is 0 Å². The molecule has 0 aliphatic carbocycles. The van der Waals surface area contributed by atoms with Gasteiger partial charge in [-0.25, -0.2) is 13.0 Å². The standard InChI is InChI=1S/C20H21ClNO3S/c1-26(24,25)19-10-6-16(7-11-19)20(23)14-22-12-2-3-18(22)13-15-4-8-17(21)9-5-15/h4-11H,2-3,12-14H2,1H3/q+1. The van der Waals surface area contributed by atoms with Crippen molar-refractivity contribution in [1.82, 2.24) is 0 Å². The predicted octanol–water partition coefficient (Wildman–Crippen LogP) is 3.42. The molecule has 6 heteroatoms. The minimum atomic E-state index is -3.25. The smallest absolute Gasteiger partial charge is 0.227 e. The highest BCUT2D eigenvalue weighted by atomic mass is 35.5. The van der Waals surface area contributed by atoms with Crippen molar-refractivity contribution in [2.24, 2.45) is 0 Å². The van der Waals surface area contributed by atoms with Crippen LogP contribution >= 0.6 is 11.6 Å². The van der Waals surface area contributed by atoms with Gasteiger partial charge in [-0.1, -0.05) is 23.7 Å². The Labute approximate surface area is 159 Å². The van der Waals surface area contributed by atoms with E-state index in [-0.39, 0.29) is 10.7 Å². The van der Waals surface area contributed by atoms with Crippen molar-refractivity contribution < 1.29 is 17.8 Å². The molecule has 0 saturated heterocycles. The summed E-state index contributed by atoms with van der Waals surface area (Å²) in [5, 5.41) is 0.717. The topological polar surface area (TPSA) is 54.2 Å². The van der Waals surface area contributed by atoms with Gasteiger partial charge in [-0.05, 0) is 42.0 Å². The molecule has 0 saturated carbocycles. The summed E-state index contributed by atoms with van der Waals surface area (Å²) in [5.41, 5.74) is 2.98. The van der Waals surface area contributed by atoms with Crippen molar-refractivity contribution >= 4 is 32.9 Å². The third-order valence-corrected chi connectivity index (χ3v) is 5.98. The van der Waals surface area contributed by atoms with Crippen LogP contribution in [0.5, 0.6) is 0 Å². The molecule has 0 aromatic heterocycles. The van der Waals surface area contributed by atoms with Crippen molar-refractivity contribution in [2.75, 3.05) is 19.3 Å². The fraction of sp³-hybridized carbons (Fsp3) is 0.300. The Morgan fingerprint density at radius 1 is 1.08 bits per heavy atom. The van der Waals surface area contributed by atoms with E-state index < -0.39 is 9.84 Å². The molecule has 1 aliphatic rings. The summed E-state index contributed by atoms with van der Waals surface area (Å²) in [6.07, 6.45) is 4.01. The normalized spacial score (nSPS) is 14.7. The highest BCUT2D eigenvalue weighted by molar-refractivity contribution is 7.90. The molecule has 2 aromatic rings. The number of ketones is 1. The fourth-order valence-electron chi connectivity index (χ4n) is 3.17. The van der Waals surface area contributed by atoms with E-state index in [2.05, 4.69) is 4.58 Å². The predicted molar refractivity (Wildman–Crippen MR) is 103 cm³/mol. The maximum atomic E-state index is 12.6. The summed E-state index contributed by atoms with van der Waals surface area (Å²) in [6.45, 7) is 1.19. The maximum absolute atomic E-state index is 12.6. The van der Waals surface area contributed by atoms with Gasteiger partial charge >= 0.3 is 0 Å². The molecule has 0 N–H and O–H groups in total. The largest absolute Gasteiger partial charge is 0.287 e. The molecule has 0 unspecified atom stereocenters. The van der Waals surface area contributed by atoms with Crippen LogP contribution in [0.25, 0.3) is 0 Å². The molecule has 3 rings (SSSR count). The first-order valence-corrected chi connectivity index (χ1v) is 10.8. The number of rotatable bonds is 6. The molecular formula is C20H21ClNO3S+. The molecule has 4 nitrogen and oxygen atoms in total. The molecular weight excluding hydrogens is 370 g/mol. The van der Waals surface area contributed by atoms with Crippen molar-refractivity contribution in [2.45, 2.75) is 24.2 Å². The molecule has 1 heterocycles. The minimum absolute atomic E-state index is 0.000516. The summed E-state index contributed by atoms with van der Waals surface area (Å²) >= 11 is 5.93. The molecule has 0 atom stereocenters. The molecule has 2 aromatic carbocycles. The lowest BCUT2D eigenvalue weighted by Gasteiger charge is -2.05. The lowest BCUT2D eigenvalue weighted by atomic mass is 10.1. The van der Waals surface area contributed by atoms with Crippen molar-refractivity contribution in [3.63, 3.8) is 0 Å². The number of sulfone groups is 1. The van der Waals surface area contributed by atoms with Crippen LogP contribution in [0, 0.1) is 0 Å². The summed E-state index contributed by atoms with van der Waals surface area (Å²) in [4.78, 5) is 12.8. The molecule has 26 heavy (non-hydrogen) atoms. The molecule has 1 aliphatic heterocycles. The number of Topliss-reactive ketones (excluding diaryl/α,β-unsaturated/α-hetero) is 1. The molecule has 0 amide bonds. The summed E-state index contributed by atoms with van der Waals surface area (Å²) in [7, 11) is -3.25. The second-order valence-corrected chi connectivity index (χ2v) is 9.07. The van der Waals surface area contributed by atoms with Crippen molar-refractivity contribution in [3.8, 4) is 0 Å². The Balaban J connectivity index is 1.73. The highest BCUT2D eigenvalue weighted by Crippen LogP contribution is 2.15. The van der Waals surface area contributed by atoms with Gasteiger partial charge in [0.1, 0.15) is 6.54 Å². The van der Waals surface area contributed by atoms with Crippen LogP contribution in [-0.2, 0) is 16.3 Å². The van der Waals surface area contributed by atoms with Gasteiger partial charge in [0.05, 0.1) is 11.3 Å². The summed E-state index contributed by atoms with van der Waals surface area (Å²) in [5.74, 6) is 0.000516. The van der Waals surface area contributed by atoms with Crippen molar-refractivity contribution in [1.29, 1.82) is 0 Å². The number of hydrogen-bond donors (Lipinski definition) is 0. The van der Waals surface area contributed by atoms with E-state index >= 15 is 0 Å². The van der Waals surface area contributed by atoms with Gasteiger partial charge in [-0.15, -0.1) is 0 Å². The quantitative estimate of drug-likeness (QED) is 0.561. The highest BCUT2D eigenvalue weighted by Gasteiger charge is 2.25. The average Bonchev–Trinajstić information content (AvgIpc) is 3.03. The van der Waals surface area contributed by atoms with Crippen LogP contribution in [-0.4, -0.2) is 43.8 Å². The zero-order valence-corrected chi connectivity index (χ0v) is 16.2. The number of halogens is 1. The second-order valence-electron chi connectivity index (χ2n) is 6.61. The Morgan fingerprint density at radius 3 is 2.35 bits per heavy atom. The van der Waals surface area contributed by atoms with Crippen LogP contribution in [0.4, 0.5) is 0 Å². The maximum Gasteiger partial charge on any atom is 0.227 e. The molecule has 0 radical (unpaired) electrons. The lowest BCUT2D eigenvalue weighted by molar-refractivity contribution is -0.507. The first-order chi connectivity index (χ1) is 12.3. The van der Waals surface area contributed by atoms with E-state index in [1.165, 1.54) is 23.4 Å². The molecule has 0 spiro atoms. The van der Waals surface area contributed by atoms with Crippen molar-refractivity contribution in [3.05, 3.63) is 64.7 Å². The second kappa shape index (κ2) is 7.72. The van der Waals surface area contributed by atoms with E-state index in [4.69, 9.17) is 11.6 Å². The Kier molecular flexibility index (Phi) is 5.58. The number of carbonyl (C=O) groups is 1. The zero-order chi connectivity index (χ0) is 18.7. The van der Waals surface area contributed by atoms with Gasteiger partial charge in [0.25, 0.3) is 0 Å². The first kappa shape index (κ1) is 18.8. The molecule has 136 valence electrons. The van der Waals surface area contributed by atoms with Gasteiger partial charge in [-0.3, -0.25) is 4.79 Å². The van der Waals surface area contributed by atoms with E-state index in [0.717, 1.165) is 37.1 Å². The van der Waals surface area contributed by atoms with Gasteiger partial charge in [0.15, 0.2) is 15.5 Å². The number of nitrogens with zero attached hydrogens (tertiary/aromatic N) is 1. The van der Waals surface area contributed by atoms with Gasteiger partial charge in [0, 0.05) is 29.7 Å². The van der Waals surface area contributed by atoms with Gasteiger partial charge < -0.3 is 0 Å². The number of hydrogen-bond acceptors (Lipinski definition) is 3. The number of carbonyl (C=O) groups excluding carboxylic acids is 1. The van der Waals surface area contributed by atoms with Gasteiger partial charge in [0.2, 0.25) is 12.3 Å². The summed E-state index contributed by atoms with van der Waals surface area (Å²) < 4.78 is 25.2. The Hall–Kier alpha value is -1.98. The zero-order valence-electron chi connectivity index (χ0n) is 14.6. The minimum Gasteiger partial charge on any atom is -0.287 e. The van der Waals surface area contributed by atoms with Crippen LogP contribution in [0.15, 0.2) is 53.4 Å². The van der Waals surface area contributed by atoms with Crippen LogP contribution in [0.1, 0.15) is 28.8 Å².